The molecule has 0 aromatic heterocycles. The SMILES string of the molecule is CN(C)c1ccc(C(NN)c2ccccc2)cc1. The number of anilines is 1. The number of nitrogens with two attached hydrogens (primary N) is 1. The number of hydrogen-bond donors (Lipinski definition) is 2. The van der Waals surface area contributed by atoms with Crippen LogP contribution in [0.5, 0.6) is 0 Å². The smallest absolute Gasteiger partial charge is 0.0710 e. The van der Waals surface area contributed by atoms with Crippen molar-refractivity contribution in [3.8, 4) is 0 Å². The van der Waals surface area contributed by atoms with Gasteiger partial charge < -0.3 is 4.90 Å². The molecule has 1 atom stereocenters. The van der Waals surface area contributed by atoms with Crippen molar-refractivity contribution in [3.05, 3.63) is 65.7 Å². The van der Waals surface area contributed by atoms with Gasteiger partial charge in [-0.25, -0.2) is 5.43 Å². The molecule has 0 heterocycles. The zero-order valence-corrected chi connectivity index (χ0v) is 10.8. The molecule has 0 aliphatic heterocycles. The molecule has 0 amide bonds. The molecule has 0 saturated carbocycles. The van der Waals surface area contributed by atoms with Crippen LogP contribution in [-0.2, 0) is 0 Å². The van der Waals surface area contributed by atoms with Crippen molar-refractivity contribution in [1.82, 2.24) is 5.43 Å². The van der Waals surface area contributed by atoms with Gasteiger partial charge in [0.1, 0.15) is 0 Å². The quantitative estimate of drug-likeness (QED) is 0.637. The number of hydrogen-bond acceptors (Lipinski definition) is 3. The fourth-order valence-corrected chi connectivity index (χ4v) is 2.00. The van der Waals surface area contributed by atoms with Crippen LogP contribution in [0.2, 0.25) is 0 Å². The highest BCUT2D eigenvalue weighted by Crippen LogP contribution is 2.23. The van der Waals surface area contributed by atoms with Crippen LogP contribution in [-0.4, -0.2) is 14.1 Å². The largest absolute Gasteiger partial charge is 0.378 e. The lowest BCUT2D eigenvalue weighted by Crippen LogP contribution is -2.28. The van der Waals surface area contributed by atoms with E-state index in [0.717, 1.165) is 11.1 Å². The van der Waals surface area contributed by atoms with Crippen LogP contribution < -0.4 is 16.2 Å². The lowest BCUT2D eigenvalue weighted by Gasteiger charge is -2.18. The lowest BCUT2D eigenvalue weighted by atomic mass is 9.99. The highest BCUT2D eigenvalue weighted by Gasteiger charge is 2.11. The van der Waals surface area contributed by atoms with Crippen molar-refractivity contribution in [3.63, 3.8) is 0 Å². The van der Waals surface area contributed by atoms with Crippen LogP contribution in [0.1, 0.15) is 17.2 Å². The van der Waals surface area contributed by atoms with Gasteiger partial charge in [0.15, 0.2) is 0 Å². The Morgan fingerprint density at radius 1 is 0.889 bits per heavy atom. The van der Waals surface area contributed by atoms with E-state index in [1.54, 1.807) is 0 Å². The molecule has 3 nitrogen and oxygen atoms in total. The van der Waals surface area contributed by atoms with E-state index < -0.39 is 0 Å². The molecule has 3 N–H and O–H groups in total. The lowest BCUT2D eigenvalue weighted by molar-refractivity contribution is 0.637. The predicted octanol–water partition coefficient (Wildman–Crippen LogP) is 2.31. The Morgan fingerprint density at radius 3 is 1.94 bits per heavy atom. The Balaban J connectivity index is 2.28. The topological polar surface area (TPSA) is 41.3 Å². The first kappa shape index (κ1) is 12.6. The number of rotatable bonds is 4. The Morgan fingerprint density at radius 2 is 1.44 bits per heavy atom. The summed E-state index contributed by atoms with van der Waals surface area (Å²) in [4.78, 5) is 2.08. The number of nitrogens with one attached hydrogen (secondary N) is 1. The molecule has 2 aromatic rings. The molecule has 0 fully saturated rings. The van der Waals surface area contributed by atoms with E-state index in [2.05, 4.69) is 46.7 Å². The second-order valence-electron chi connectivity index (χ2n) is 4.50. The molecule has 1 unspecified atom stereocenters. The Kier molecular flexibility index (Phi) is 3.97. The Labute approximate surface area is 108 Å². The van der Waals surface area contributed by atoms with E-state index in [9.17, 15) is 0 Å². The summed E-state index contributed by atoms with van der Waals surface area (Å²) in [5, 5.41) is 0. The summed E-state index contributed by atoms with van der Waals surface area (Å²) in [7, 11) is 4.07. The van der Waals surface area contributed by atoms with Crippen LogP contribution in [0, 0.1) is 0 Å². The summed E-state index contributed by atoms with van der Waals surface area (Å²) in [6.07, 6.45) is 0. The van der Waals surface area contributed by atoms with Crippen LogP contribution in [0.15, 0.2) is 54.6 Å². The zero-order valence-electron chi connectivity index (χ0n) is 10.8. The van der Waals surface area contributed by atoms with Crippen molar-refractivity contribution in [2.45, 2.75) is 6.04 Å². The maximum atomic E-state index is 5.67. The summed E-state index contributed by atoms with van der Waals surface area (Å²) < 4.78 is 0. The minimum atomic E-state index is 0.0300. The highest BCUT2D eigenvalue weighted by atomic mass is 15.2. The highest BCUT2D eigenvalue weighted by molar-refractivity contribution is 5.47. The van der Waals surface area contributed by atoms with Gasteiger partial charge in [-0.05, 0) is 23.3 Å². The van der Waals surface area contributed by atoms with Gasteiger partial charge in [0, 0.05) is 19.8 Å². The van der Waals surface area contributed by atoms with E-state index in [-0.39, 0.29) is 6.04 Å². The molecular weight excluding hydrogens is 222 g/mol. The van der Waals surface area contributed by atoms with E-state index in [0.29, 0.717) is 0 Å². The summed E-state index contributed by atoms with van der Waals surface area (Å²) in [6, 6.07) is 18.6. The normalized spacial score (nSPS) is 12.2. The van der Waals surface area contributed by atoms with Crippen molar-refractivity contribution >= 4 is 5.69 Å². The average molecular weight is 241 g/mol. The van der Waals surface area contributed by atoms with Gasteiger partial charge in [0.25, 0.3) is 0 Å². The first-order chi connectivity index (χ1) is 8.72. The van der Waals surface area contributed by atoms with E-state index in [1.165, 1.54) is 5.69 Å². The van der Waals surface area contributed by atoms with Crippen LogP contribution in [0.4, 0.5) is 5.69 Å². The average Bonchev–Trinajstić information content (AvgIpc) is 2.41. The molecule has 0 spiro atoms. The molecule has 3 heteroatoms. The predicted molar refractivity (Wildman–Crippen MR) is 76.4 cm³/mol. The molecule has 94 valence electrons. The molecule has 0 aliphatic carbocycles. The van der Waals surface area contributed by atoms with Gasteiger partial charge in [-0.3, -0.25) is 5.84 Å². The Bertz CT molecular complexity index is 477. The third kappa shape index (κ3) is 2.70. The summed E-state index contributed by atoms with van der Waals surface area (Å²) in [6.45, 7) is 0. The second-order valence-corrected chi connectivity index (χ2v) is 4.50. The molecule has 0 bridgehead atoms. The van der Waals surface area contributed by atoms with Gasteiger partial charge in [-0.15, -0.1) is 0 Å². The van der Waals surface area contributed by atoms with E-state index >= 15 is 0 Å². The van der Waals surface area contributed by atoms with Gasteiger partial charge >= 0.3 is 0 Å². The fourth-order valence-electron chi connectivity index (χ4n) is 2.00. The minimum Gasteiger partial charge on any atom is -0.378 e. The number of hydrazine groups is 1. The maximum absolute atomic E-state index is 5.67. The molecule has 0 aliphatic rings. The van der Waals surface area contributed by atoms with Gasteiger partial charge in [-0.2, -0.15) is 0 Å². The van der Waals surface area contributed by atoms with Crippen LogP contribution in [0.25, 0.3) is 0 Å². The monoisotopic (exact) mass is 241 g/mol. The van der Waals surface area contributed by atoms with Crippen molar-refractivity contribution in [2.24, 2.45) is 5.84 Å². The minimum absolute atomic E-state index is 0.0300. The third-order valence-corrected chi connectivity index (χ3v) is 3.04. The Hall–Kier alpha value is -1.84. The molecule has 18 heavy (non-hydrogen) atoms. The van der Waals surface area contributed by atoms with Crippen molar-refractivity contribution in [1.29, 1.82) is 0 Å². The zero-order chi connectivity index (χ0) is 13.0. The first-order valence-electron chi connectivity index (χ1n) is 6.00. The summed E-state index contributed by atoms with van der Waals surface area (Å²) >= 11 is 0. The molecular formula is C15H19N3. The fraction of sp³-hybridized carbons (Fsp3) is 0.200. The number of benzene rings is 2. The number of nitrogens with zero attached hydrogens (tertiary/aromatic N) is 1. The third-order valence-electron chi connectivity index (χ3n) is 3.04. The molecule has 2 rings (SSSR count). The first-order valence-corrected chi connectivity index (χ1v) is 6.00. The summed E-state index contributed by atoms with van der Waals surface area (Å²) in [5.74, 6) is 5.67. The van der Waals surface area contributed by atoms with E-state index in [4.69, 9.17) is 5.84 Å². The van der Waals surface area contributed by atoms with Crippen LogP contribution >= 0.6 is 0 Å². The standard InChI is InChI=1S/C15H19N3/c1-18(2)14-10-8-13(9-11-14)15(17-16)12-6-4-3-5-7-12/h3-11,15,17H,16H2,1-2H3. The summed E-state index contributed by atoms with van der Waals surface area (Å²) in [5.41, 5.74) is 6.38. The van der Waals surface area contributed by atoms with Gasteiger partial charge in [0.05, 0.1) is 6.04 Å². The van der Waals surface area contributed by atoms with Crippen molar-refractivity contribution < 1.29 is 0 Å². The van der Waals surface area contributed by atoms with E-state index in [1.807, 2.05) is 32.3 Å². The van der Waals surface area contributed by atoms with Crippen LogP contribution in [0.3, 0.4) is 0 Å². The maximum Gasteiger partial charge on any atom is 0.0710 e. The van der Waals surface area contributed by atoms with Gasteiger partial charge in [-0.1, -0.05) is 42.5 Å². The molecule has 0 saturated heterocycles. The molecule has 0 radical (unpaired) electrons. The molecule has 2 aromatic carbocycles. The van der Waals surface area contributed by atoms with Gasteiger partial charge in [0.2, 0.25) is 0 Å². The second kappa shape index (κ2) is 5.67. The van der Waals surface area contributed by atoms with Crippen molar-refractivity contribution in [2.75, 3.05) is 19.0 Å².